The molecule has 1 aromatic carbocycles. The lowest BCUT2D eigenvalue weighted by molar-refractivity contribution is 0.0870. The predicted molar refractivity (Wildman–Crippen MR) is 69.2 cm³/mol. The van der Waals surface area contributed by atoms with Crippen LogP contribution < -0.4 is 5.32 Å². The first-order chi connectivity index (χ1) is 9.08. The van der Waals surface area contributed by atoms with Crippen molar-refractivity contribution >= 4 is 5.91 Å². The molecule has 1 amide bonds. The fourth-order valence-electron chi connectivity index (χ4n) is 1.31. The van der Waals surface area contributed by atoms with E-state index >= 15 is 0 Å². The molecule has 1 rings (SSSR count). The number of rotatable bonds is 4. The van der Waals surface area contributed by atoms with Gasteiger partial charge >= 0.3 is 0 Å². The molecule has 0 spiro atoms. The first kappa shape index (κ1) is 15.2. The summed E-state index contributed by atoms with van der Waals surface area (Å²) >= 11 is 0. The first-order valence-corrected chi connectivity index (χ1v) is 5.78. The number of methoxy groups -OCH3 is 1. The van der Waals surface area contributed by atoms with E-state index in [1.54, 1.807) is 7.11 Å². The minimum absolute atomic E-state index is 0.108. The van der Waals surface area contributed by atoms with Crippen LogP contribution in [0.25, 0.3) is 0 Å². The summed E-state index contributed by atoms with van der Waals surface area (Å²) in [6.45, 7) is 1.83. The Bertz CT molecular complexity index is 505. The van der Waals surface area contributed by atoms with Gasteiger partial charge in [0.1, 0.15) is 12.4 Å². The molecule has 0 aliphatic rings. The second kappa shape index (κ2) is 7.52. The summed E-state index contributed by atoms with van der Waals surface area (Å²) in [4.78, 5) is 11.7. The molecular formula is C14H16FNO3. The highest BCUT2D eigenvalue weighted by atomic mass is 19.1. The number of halogens is 1. The molecular weight excluding hydrogens is 249 g/mol. The Morgan fingerprint density at radius 1 is 1.58 bits per heavy atom. The number of nitrogens with one attached hydrogen (secondary N) is 1. The Kier molecular flexibility index (Phi) is 6.00. The molecule has 0 saturated carbocycles. The summed E-state index contributed by atoms with van der Waals surface area (Å²) in [7, 11) is 1.55. The van der Waals surface area contributed by atoms with Crippen molar-refractivity contribution in [2.45, 2.75) is 13.0 Å². The molecule has 2 N–H and O–H groups in total. The number of aliphatic hydroxyl groups excluding tert-OH is 1. The average molecular weight is 265 g/mol. The Morgan fingerprint density at radius 3 is 2.89 bits per heavy atom. The van der Waals surface area contributed by atoms with E-state index in [-0.39, 0.29) is 29.7 Å². The molecule has 5 heteroatoms. The lowest BCUT2D eigenvalue weighted by atomic mass is 10.1. The number of carbonyl (C=O) groups is 1. The maximum Gasteiger partial charge on any atom is 0.251 e. The van der Waals surface area contributed by atoms with Crippen molar-refractivity contribution < 1.29 is 19.0 Å². The lowest BCUT2D eigenvalue weighted by Crippen LogP contribution is -2.31. The van der Waals surface area contributed by atoms with Gasteiger partial charge in [-0.2, -0.15) is 0 Å². The van der Waals surface area contributed by atoms with Crippen molar-refractivity contribution in [1.29, 1.82) is 0 Å². The van der Waals surface area contributed by atoms with Crippen molar-refractivity contribution in [1.82, 2.24) is 5.32 Å². The Labute approximate surface area is 111 Å². The third-order valence-electron chi connectivity index (χ3n) is 2.49. The minimum Gasteiger partial charge on any atom is -0.384 e. The van der Waals surface area contributed by atoms with E-state index in [0.29, 0.717) is 6.54 Å². The molecule has 4 nitrogen and oxygen atoms in total. The summed E-state index contributed by atoms with van der Waals surface area (Å²) in [5.74, 6) is 3.85. The number of aliphatic hydroxyl groups is 1. The van der Waals surface area contributed by atoms with Gasteiger partial charge in [-0.25, -0.2) is 4.39 Å². The number of hydrogen-bond acceptors (Lipinski definition) is 3. The smallest absolute Gasteiger partial charge is 0.251 e. The summed E-state index contributed by atoms with van der Waals surface area (Å²) in [5.41, 5.74) is 0.367. The predicted octanol–water partition coefficient (Wildman–Crippen LogP) is 0.934. The van der Waals surface area contributed by atoms with Gasteiger partial charge in [-0.3, -0.25) is 4.79 Å². The van der Waals surface area contributed by atoms with Gasteiger partial charge < -0.3 is 15.2 Å². The number of ether oxygens (including phenoxy) is 1. The third kappa shape index (κ3) is 4.70. The largest absolute Gasteiger partial charge is 0.384 e. The summed E-state index contributed by atoms with van der Waals surface area (Å²) < 4.78 is 18.6. The van der Waals surface area contributed by atoms with E-state index in [9.17, 15) is 9.18 Å². The van der Waals surface area contributed by atoms with Crippen LogP contribution in [-0.2, 0) is 4.74 Å². The fourth-order valence-corrected chi connectivity index (χ4v) is 1.31. The van der Waals surface area contributed by atoms with Crippen LogP contribution in [0, 0.1) is 17.7 Å². The van der Waals surface area contributed by atoms with Crippen molar-refractivity contribution in [2.75, 3.05) is 20.3 Å². The number of carbonyl (C=O) groups excluding carboxylic acids is 1. The van der Waals surface area contributed by atoms with Crippen LogP contribution in [0.2, 0.25) is 0 Å². The van der Waals surface area contributed by atoms with Gasteiger partial charge in [-0.15, -0.1) is 0 Å². The summed E-state index contributed by atoms with van der Waals surface area (Å²) in [6.07, 6.45) is -0.108. The molecule has 1 unspecified atom stereocenters. The Hall–Kier alpha value is -1.90. The third-order valence-corrected chi connectivity index (χ3v) is 2.49. The van der Waals surface area contributed by atoms with E-state index in [2.05, 4.69) is 17.2 Å². The van der Waals surface area contributed by atoms with E-state index < -0.39 is 5.82 Å². The minimum atomic E-state index is -0.589. The zero-order valence-electron chi connectivity index (χ0n) is 10.9. The molecule has 0 aromatic heterocycles. The normalized spacial score (nSPS) is 11.4. The average Bonchev–Trinajstić information content (AvgIpc) is 2.42. The number of amides is 1. The molecule has 19 heavy (non-hydrogen) atoms. The van der Waals surface area contributed by atoms with Gasteiger partial charge in [0.25, 0.3) is 5.91 Å². The second-order valence-electron chi connectivity index (χ2n) is 3.91. The molecule has 102 valence electrons. The molecule has 0 saturated heterocycles. The molecule has 0 fully saturated rings. The first-order valence-electron chi connectivity index (χ1n) is 5.78. The monoisotopic (exact) mass is 265 g/mol. The SMILES string of the molecule is COC(C)CNC(=O)c1ccc(C#CCO)c(F)c1. The van der Waals surface area contributed by atoms with Crippen LogP contribution in [0.1, 0.15) is 22.8 Å². The Morgan fingerprint density at radius 2 is 2.32 bits per heavy atom. The zero-order valence-corrected chi connectivity index (χ0v) is 10.9. The van der Waals surface area contributed by atoms with Crippen molar-refractivity contribution in [3.05, 3.63) is 35.1 Å². The molecule has 0 heterocycles. The molecule has 1 atom stereocenters. The fraction of sp³-hybridized carbons (Fsp3) is 0.357. The van der Waals surface area contributed by atoms with E-state index in [1.807, 2.05) is 6.92 Å². The van der Waals surface area contributed by atoms with Gasteiger partial charge in [-0.05, 0) is 25.1 Å². The van der Waals surface area contributed by atoms with E-state index in [0.717, 1.165) is 6.07 Å². The van der Waals surface area contributed by atoms with Gasteiger partial charge in [0, 0.05) is 19.2 Å². The zero-order chi connectivity index (χ0) is 14.3. The standard InChI is InChI=1S/C14H16FNO3/c1-10(19-2)9-16-14(18)12-6-5-11(4-3-7-17)13(15)8-12/h5-6,8,10,17H,7,9H2,1-2H3,(H,16,18). The highest BCUT2D eigenvalue weighted by molar-refractivity contribution is 5.94. The molecule has 0 aliphatic heterocycles. The lowest BCUT2D eigenvalue weighted by Gasteiger charge is -2.10. The Balaban J connectivity index is 2.74. The van der Waals surface area contributed by atoms with Crippen LogP contribution in [0.3, 0.4) is 0 Å². The van der Waals surface area contributed by atoms with Crippen LogP contribution in [-0.4, -0.2) is 37.4 Å². The van der Waals surface area contributed by atoms with Gasteiger partial charge in [0.2, 0.25) is 0 Å². The van der Waals surface area contributed by atoms with Gasteiger partial charge in [0.15, 0.2) is 0 Å². The molecule has 0 bridgehead atoms. The van der Waals surface area contributed by atoms with E-state index in [1.165, 1.54) is 12.1 Å². The van der Waals surface area contributed by atoms with Crippen molar-refractivity contribution in [2.24, 2.45) is 0 Å². The van der Waals surface area contributed by atoms with Crippen molar-refractivity contribution in [3.8, 4) is 11.8 Å². The van der Waals surface area contributed by atoms with Crippen molar-refractivity contribution in [3.63, 3.8) is 0 Å². The maximum absolute atomic E-state index is 13.6. The maximum atomic E-state index is 13.6. The quantitative estimate of drug-likeness (QED) is 0.796. The van der Waals surface area contributed by atoms with E-state index in [4.69, 9.17) is 9.84 Å². The van der Waals surface area contributed by atoms with Crippen LogP contribution in [0.5, 0.6) is 0 Å². The van der Waals surface area contributed by atoms with Gasteiger partial charge in [0.05, 0.1) is 11.7 Å². The van der Waals surface area contributed by atoms with Gasteiger partial charge in [-0.1, -0.05) is 11.8 Å². The highest BCUT2D eigenvalue weighted by Crippen LogP contribution is 2.09. The number of hydrogen-bond donors (Lipinski definition) is 2. The summed E-state index contributed by atoms with van der Waals surface area (Å²) in [6, 6.07) is 4.01. The van der Waals surface area contributed by atoms with Crippen LogP contribution >= 0.6 is 0 Å². The summed E-state index contributed by atoms with van der Waals surface area (Å²) in [5, 5.41) is 11.2. The van der Waals surface area contributed by atoms with Crippen LogP contribution in [0.4, 0.5) is 4.39 Å². The van der Waals surface area contributed by atoms with Crippen LogP contribution in [0.15, 0.2) is 18.2 Å². The highest BCUT2D eigenvalue weighted by Gasteiger charge is 2.09. The second-order valence-corrected chi connectivity index (χ2v) is 3.91. The topological polar surface area (TPSA) is 58.6 Å². The molecule has 1 aromatic rings. The number of benzene rings is 1. The molecule has 0 aliphatic carbocycles. The molecule has 0 radical (unpaired) electrons.